The van der Waals surface area contributed by atoms with Crippen molar-refractivity contribution in [2.75, 3.05) is 47.1 Å². The van der Waals surface area contributed by atoms with Gasteiger partial charge in [0.1, 0.15) is 11.5 Å². The molecule has 2 aromatic rings. The highest BCUT2D eigenvalue weighted by Crippen LogP contribution is 2.39. The van der Waals surface area contributed by atoms with E-state index in [1.54, 1.807) is 30.6 Å². The van der Waals surface area contributed by atoms with Gasteiger partial charge in [0.15, 0.2) is 0 Å². The van der Waals surface area contributed by atoms with Crippen LogP contribution in [0.25, 0.3) is 0 Å². The van der Waals surface area contributed by atoms with Crippen molar-refractivity contribution < 1.29 is 19.0 Å². The second kappa shape index (κ2) is 8.94. The van der Waals surface area contributed by atoms with E-state index in [0.29, 0.717) is 37.7 Å². The number of amides is 1. The lowest BCUT2D eigenvalue weighted by Crippen LogP contribution is -2.43. The van der Waals surface area contributed by atoms with Gasteiger partial charge >= 0.3 is 0 Å². The molecule has 7 nitrogen and oxygen atoms in total. The van der Waals surface area contributed by atoms with Gasteiger partial charge in [0.05, 0.1) is 45.7 Å². The molecule has 0 bridgehead atoms. The van der Waals surface area contributed by atoms with Crippen molar-refractivity contribution in [3.05, 3.63) is 46.2 Å². The molecule has 2 aliphatic rings. The summed E-state index contributed by atoms with van der Waals surface area (Å²) in [6.45, 7) is 3.17. The van der Waals surface area contributed by atoms with Gasteiger partial charge in [-0.1, -0.05) is 0 Å². The molecule has 1 atom stereocenters. The number of carbonyl (C=O) groups is 1. The summed E-state index contributed by atoms with van der Waals surface area (Å²) in [6, 6.07) is 7.54. The van der Waals surface area contributed by atoms with E-state index in [2.05, 4.69) is 10.3 Å². The summed E-state index contributed by atoms with van der Waals surface area (Å²) in [5.41, 5.74) is 2.91. The standard InChI is InChI=1S/C21H25N3O4S/c1-26-16-3-4-17(20(11-16)27-2)19-12-18(15-5-10-29-14-15)22-24(19)21(25)13-23-6-8-28-9-7-23/h3-5,10-11,14,19H,6-9,12-13H2,1-2H3/t19-/m1/s1. The molecule has 3 heterocycles. The van der Waals surface area contributed by atoms with Crippen LogP contribution in [0.5, 0.6) is 11.5 Å². The van der Waals surface area contributed by atoms with Gasteiger partial charge in [-0.05, 0) is 29.0 Å². The normalized spacial score (nSPS) is 19.9. The van der Waals surface area contributed by atoms with Crippen molar-refractivity contribution in [1.29, 1.82) is 0 Å². The number of benzene rings is 1. The zero-order valence-electron chi connectivity index (χ0n) is 16.7. The summed E-state index contributed by atoms with van der Waals surface area (Å²) in [4.78, 5) is 15.3. The van der Waals surface area contributed by atoms with Gasteiger partial charge in [-0.2, -0.15) is 16.4 Å². The zero-order valence-corrected chi connectivity index (χ0v) is 17.5. The third kappa shape index (κ3) is 4.29. The molecule has 0 radical (unpaired) electrons. The first-order chi connectivity index (χ1) is 14.2. The van der Waals surface area contributed by atoms with Gasteiger partial charge in [-0.15, -0.1) is 0 Å². The average molecular weight is 416 g/mol. The first-order valence-electron chi connectivity index (χ1n) is 9.63. The van der Waals surface area contributed by atoms with Crippen molar-refractivity contribution in [3.63, 3.8) is 0 Å². The topological polar surface area (TPSA) is 63.6 Å². The number of thiophene rings is 1. The number of hydrazone groups is 1. The number of hydrogen-bond donors (Lipinski definition) is 0. The summed E-state index contributed by atoms with van der Waals surface area (Å²) < 4.78 is 16.3. The molecule has 0 unspecified atom stereocenters. The third-order valence-electron chi connectivity index (χ3n) is 5.28. The van der Waals surface area contributed by atoms with Crippen molar-refractivity contribution in [1.82, 2.24) is 9.91 Å². The summed E-state index contributed by atoms with van der Waals surface area (Å²) in [5.74, 6) is 1.40. The molecule has 154 valence electrons. The third-order valence-corrected chi connectivity index (χ3v) is 5.97. The molecular formula is C21H25N3O4S. The highest BCUT2D eigenvalue weighted by atomic mass is 32.1. The van der Waals surface area contributed by atoms with Gasteiger partial charge in [0, 0.05) is 36.7 Å². The van der Waals surface area contributed by atoms with E-state index in [1.807, 2.05) is 29.6 Å². The quantitative estimate of drug-likeness (QED) is 0.726. The number of morpholine rings is 1. The Morgan fingerprint density at radius 3 is 2.76 bits per heavy atom. The van der Waals surface area contributed by atoms with Crippen LogP contribution in [0.15, 0.2) is 40.1 Å². The van der Waals surface area contributed by atoms with Gasteiger partial charge in [-0.25, -0.2) is 5.01 Å². The number of carbonyl (C=O) groups excluding carboxylic acids is 1. The Morgan fingerprint density at radius 2 is 2.07 bits per heavy atom. The molecule has 29 heavy (non-hydrogen) atoms. The van der Waals surface area contributed by atoms with Crippen LogP contribution >= 0.6 is 11.3 Å². The van der Waals surface area contributed by atoms with Crippen LogP contribution in [-0.2, 0) is 9.53 Å². The molecule has 8 heteroatoms. The molecule has 2 aliphatic heterocycles. The Bertz CT molecular complexity index is 878. The second-order valence-corrected chi connectivity index (χ2v) is 7.79. The first kappa shape index (κ1) is 19.9. The highest BCUT2D eigenvalue weighted by Gasteiger charge is 2.35. The van der Waals surface area contributed by atoms with E-state index in [1.165, 1.54) is 0 Å². The molecule has 1 saturated heterocycles. The van der Waals surface area contributed by atoms with Crippen LogP contribution in [0.2, 0.25) is 0 Å². The lowest BCUT2D eigenvalue weighted by molar-refractivity contribution is -0.135. The Balaban J connectivity index is 1.63. The number of nitrogens with zero attached hydrogens (tertiary/aromatic N) is 3. The Labute approximate surface area is 174 Å². The molecule has 1 amide bonds. The van der Waals surface area contributed by atoms with E-state index < -0.39 is 0 Å². The fourth-order valence-corrected chi connectivity index (χ4v) is 4.37. The van der Waals surface area contributed by atoms with E-state index in [-0.39, 0.29) is 11.9 Å². The van der Waals surface area contributed by atoms with Crippen molar-refractivity contribution in [2.45, 2.75) is 12.5 Å². The van der Waals surface area contributed by atoms with Gasteiger partial charge < -0.3 is 14.2 Å². The lowest BCUT2D eigenvalue weighted by atomic mass is 9.98. The predicted octanol–water partition coefficient (Wildman–Crippen LogP) is 2.78. The van der Waals surface area contributed by atoms with Crippen molar-refractivity contribution >= 4 is 23.0 Å². The van der Waals surface area contributed by atoms with Crippen LogP contribution in [0.3, 0.4) is 0 Å². The number of rotatable bonds is 6. The van der Waals surface area contributed by atoms with Crippen molar-refractivity contribution in [3.8, 4) is 11.5 Å². The summed E-state index contributed by atoms with van der Waals surface area (Å²) in [7, 11) is 3.26. The molecule has 4 rings (SSSR count). The molecule has 1 aromatic carbocycles. The fraction of sp³-hybridized carbons (Fsp3) is 0.429. The minimum Gasteiger partial charge on any atom is -0.497 e. The second-order valence-electron chi connectivity index (χ2n) is 7.01. The number of hydrogen-bond acceptors (Lipinski definition) is 7. The molecule has 0 N–H and O–H groups in total. The smallest absolute Gasteiger partial charge is 0.257 e. The van der Waals surface area contributed by atoms with Crippen LogP contribution in [0.1, 0.15) is 23.6 Å². The zero-order chi connectivity index (χ0) is 20.2. The van der Waals surface area contributed by atoms with Gasteiger partial charge in [0.25, 0.3) is 5.91 Å². The molecule has 0 aliphatic carbocycles. The number of ether oxygens (including phenoxy) is 3. The first-order valence-corrected chi connectivity index (χ1v) is 10.6. The Hall–Kier alpha value is -2.42. The van der Waals surface area contributed by atoms with Crippen molar-refractivity contribution in [2.24, 2.45) is 5.10 Å². The van der Waals surface area contributed by atoms with E-state index in [9.17, 15) is 4.79 Å². The average Bonchev–Trinajstić information content (AvgIpc) is 3.44. The molecular weight excluding hydrogens is 390 g/mol. The van der Waals surface area contributed by atoms with Crippen LogP contribution < -0.4 is 9.47 Å². The summed E-state index contributed by atoms with van der Waals surface area (Å²) in [6.07, 6.45) is 0.647. The van der Waals surface area contributed by atoms with Gasteiger partial charge in [0.2, 0.25) is 0 Å². The summed E-state index contributed by atoms with van der Waals surface area (Å²) >= 11 is 1.63. The van der Waals surface area contributed by atoms with Crippen LogP contribution in [0, 0.1) is 0 Å². The Kier molecular flexibility index (Phi) is 6.13. The SMILES string of the molecule is COc1ccc([C@H]2CC(c3ccsc3)=NN2C(=O)CN2CCOCC2)c(OC)c1. The Morgan fingerprint density at radius 1 is 1.24 bits per heavy atom. The van der Waals surface area contributed by atoms with E-state index in [4.69, 9.17) is 19.3 Å². The van der Waals surface area contributed by atoms with E-state index >= 15 is 0 Å². The maximum absolute atomic E-state index is 13.2. The summed E-state index contributed by atoms with van der Waals surface area (Å²) in [5, 5.41) is 10.5. The molecule has 1 fully saturated rings. The minimum absolute atomic E-state index is 0.0139. The maximum Gasteiger partial charge on any atom is 0.257 e. The monoisotopic (exact) mass is 415 g/mol. The fourth-order valence-electron chi connectivity index (χ4n) is 3.70. The maximum atomic E-state index is 13.2. The molecule has 0 spiro atoms. The van der Waals surface area contributed by atoms with Crippen LogP contribution in [0.4, 0.5) is 0 Å². The minimum atomic E-state index is -0.209. The van der Waals surface area contributed by atoms with Gasteiger partial charge in [-0.3, -0.25) is 9.69 Å². The van der Waals surface area contributed by atoms with E-state index in [0.717, 1.165) is 29.9 Å². The predicted molar refractivity (Wildman–Crippen MR) is 112 cm³/mol. The lowest BCUT2D eigenvalue weighted by Gasteiger charge is -2.29. The largest absolute Gasteiger partial charge is 0.497 e. The molecule has 1 aromatic heterocycles. The molecule has 0 saturated carbocycles. The highest BCUT2D eigenvalue weighted by molar-refractivity contribution is 7.08. The van der Waals surface area contributed by atoms with Crippen LogP contribution in [-0.4, -0.2) is 68.6 Å². The number of methoxy groups -OCH3 is 2.